The van der Waals surface area contributed by atoms with Gasteiger partial charge in [0.1, 0.15) is 6.04 Å². The Morgan fingerprint density at radius 2 is 2.07 bits per heavy atom. The summed E-state index contributed by atoms with van der Waals surface area (Å²) in [6.07, 6.45) is 2.18. The van der Waals surface area contributed by atoms with Crippen molar-refractivity contribution in [3.05, 3.63) is 29.3 Å². The van der Waals surface area contributed by atoms with Crippen molar-refractivity contribution in [2.24, 2.45) is 0 Å². The minimum Gasteiger partial charge on any atom is -0.373 e. The highest BCUT2D eigenvalue weighted by Crippen LogP contribution is 2.25. The number of benzene rings is 1. The van der Waals surface area contributed by atoms with Crippen LogP contribution in [0.3, 0.4) is 0 Å². The summed E-state index contributed by atoms with van der Waals surface area (Å²) in [5.74, 6) is 0.710. The van der Waals surface area contributed by atoms with Gasteiger partial charge in [0.15, 0.2) is 0 Å². The molecule has 2 fully saturated rings. The molecule has 0 radical (unpaired) electrons. The lowest BCUT2D eigenvalue weighted by atomic mass is 9.45. The zero-order chi connectivity index (χ0) is 20.3. The molecule has 2 saturated heterocycles. The topological polar surface area (TPSA) is 111 Å². The minimum atomic E-state index is -0.980. The van der Waals surface area contributed by atoms with Gasteiger partial charge in [-0.1, -0.05) is 0 Å². The van der Waals surface area contributed by atoms with Crippen LogP contribution in [0, 0.1) is 18.2 Å². The fourth-order valence-electron chi connectivity index (χ4n) is 3.70. The lowest BCUT2D eigenvalue weighted by molar-refractivity contribution is -0.139. The molecular weight excluding hydrogens is 359 g/mol. The van der Waals surface area contributed by atoms with E-state index >= 15 is 0 Å². The number of imide groups is 2. The lowest BCUT2D eigenvalue weighted by Gasteiger charge is -2.31. The summed E-state index contributed by atoms with van der Waals surface area (Å²) in [7, 11) is 0. The Bertz CT molecular complexity index is 858. The number of aryl methyl sites for hydroxylation is 1. The summed E-state index contributed by atoms with van der Waals surface area (Å²) in [4.78, 5) is 50.8. The van der Waals surface area contributed by atoms with Gasteiger partial charge in [-0.05, 0) is 49.7 Å². The van der Waals surface area contributed by atoms with E-state index in [1.54, 1.807) is 13.0 Å². The molecule has 9 heteroatoms. The Labute approximate surface area is 163 Å². The van der Waals surface area contributed by atoms with E-state index in [9.17, 15) is 19.2 Å². The molecule has 144 valence electrons. The quantitative estimate of drug-likeness (QED) is 0.470. The number of rotatable bonds is 4. The number of nitriles is 1. The van der Waals surface area contributed by atoms with Gasteiger partial charge in [0.25, 0.3) is 12.6 Å². The van der Waals surface area contributed by atoms with Gasteiger partial charge in [0.05, 0.1) is 0 Å². The zero-order valence-electron chi connectivity index (χ0n) is 15.7. The summed E-state index contributed by atoms with van der Waals surface area (Å²) in [6, 6.07) is 4.38. The van der Waals surface area contributed by atoms with Crippen molar-refractivity contribution in [1.29, 1.82) is 5.26 Å². The van der Waals surface area contributed by atoms with Gasteiger partial charge in [-0.15, -0.1) is 0 Å². The molecule has 1 unspecified atom stereocenters. The fourth-order valence-corrected chi connectivity index (χ4v) is 3.70. The predicted molar refractivity (Wildman–Crippen MR) is 103 cm³/mol. The Morgan fingerprint density at radius 1 is 1.36 bits per heavy atom. The molecule has 1 aromatic carbocycles. The van der Waals surface area contributed by atoms with Crippen molar-refractivity contribution in [1.82, 2.24) is 10.2 Å². The maximum Gasteiger partial charge on any atom is 0.271 e. The number of hydrogen-bond donors (Lipinski definition) is 1. The number of piperidine rings is 1. The number of nitrogens with zero attached hydrogens (tertiary/aromatic N) is 3. The number of nitrogens with one attached hydrogen (secondary N) is 1. The summed E-state index contributed by atoms with van der Waals surface area (Å²) >= 11 is 0. The normalized spacial score (nSPS) is 19.6. The largest absolute Gasteiger partial charge is 0.373 e. The molecule has 0 saturated carbocycles. The molecule has 2 heterocycles. The molecule has 0 aromatic heterocycles. The molecule has 8 nitrogen and oxygen atoms in total. The third kappa shape index (κ3) is 3.91. The minimum absolute atomic E-state index is 0.0879. The van der Waals surface area contributed by atoms with Crippen LogP contribution in [0.1, 0.15) is 28.8 Å². The maximum atomic E-state index is 12.9. The van der Waals surface area contributed by atoms with Gasteiger partial charge in [-0.25, -0.2) is 5.26 Å². The van der Waals surface area contributed by atoms with Crippen LogP contribution >= 0.6 is 0 Å². The number of hydrogen-bond acceptors (Lipinski definition) is 6. The van der Waals surface area contributed by atoms with Crippen molar-refractivity contribution in [3.8, 4) is 5.97 Å². The lowest BCUT2D eigenvalue weighted by Crippen LogP contribution is -2.53. The van der Waals surface area contributed by atoms with Crippen LogP contribution in [0.2, 0.25) is 12.6 Å². The first-order valence-corrected chi connectivity index (χ1v) is 9.31. The second-order valence-corrected chi connectivity index (χ2v) is 7.17. The molecule has 28 heavy (non-hydrogen) atoms. The zero-order valence-corrected chi connectivity index (χ0v) is 15.7. The summed E-state index contributed by atoms with van der Waals surface area (Å²) in [5, 5.41) is 11.2. The first-order valence-electron chi connectivity index (χ1n) is 9.31. The summed E-state index contributed by atoms with van der Waals surface area (Å²) < 4.78 is 0. The standard InChI is InChI=1S/C19H21BN4O4/c1-13-10-14(23-8-6-20(11-21)7-9-23)2-3-15(13)19(28)24(12-25)16-4-5-17(26)22-18(16)27/h2-3,10,12,16H,4-9H2,1H3,(H,22,26,27). The smallest absolute Gasteiger partial charge is 0.271 e. The molecule has 2 aliphatic heterocycles. The summed E-state index contributed by atoms with van der Waals surface area (Å²) in [6.45, 7) is 3.43. The molecule has 0 aliphatic carbocycles. The fraction of sp³-hybridized carbons (Fsp3) is 0.421. The average Bonchev–Trinajstić information content (AvgIpc) is 2.70. The van der Waals surface area contributed by atoms with Crippen molar-refractivity contribution < 1.29 is 19.2 Å². The Kier molecular flexibility index (Phi) is 5.78. The SMILES string of the molecule is Cc1cc(N2CCB(C#N)CC2)ccc1C(=O)N(C=O)C1CCC(=O)NC1=O. The highest BCUT2D eigenvalue weighted by Gasteiger charge is 2.35. The van der Waals surface area contributed by atoms with Gasteiger partial charge in [-0.3, -0.25) is 29.4 Å². The monoisotopic (exact) mass is 380 g/mol. The number of anilines is 1. The third-order valence-corrected chi connectivity index (χ3v) is 5.38. The van der Waals surface area contributed by atoms with Gasteiger partial charge in [0, 0.05) is 36.7 Å². The highest BCUT2D eigenvalue weighted by atomic mass is 16.2. The van der Waals surface area contributed by atoms with Crippen LogP contribution in [0.4, 0.5) is 5.69 Å². The predicted octanol–water partition coefficient (Wildman–Crippen LogP) is 0.776. The summed E-state index contributed by atoms with van der Waals surface area (Å²) in [5.41, 5.74) is 2.00. The average molecular weight is 380 g/mol. The van der Waals surface area contributed by atoms with Crippen LogP contribution in [-0.4, -0.2) is 54.9 Å². The van der Waals surface area contributed by atoms with Crippen LogP contribution in [0.15, 0.2) is 18.2 Å². The van der Waals surface area contributed by atoms with E-state index in [4.69, 9.17) is 5.26 Å². The molecule has 1 aromatic rings. The number of carbonyl (C=O) groups excluding carboxylic acids is 4. The van der Waals surface area contributed by atoms with E-state index in [0.717, 1.165) is 36.3 Å². The van der Waals surface area contributed by atoms with Crippen molar-refractivity contribution in [2.75, 3.05) is 18.0 Å². The number of carbonyl (C=O) groups is 4. The molecule has 2 aliphatic rings. The molecule has 0 bridgehead atoms. The van der Waals surface area contributed by atoms with Crippen molar-refractivity contribution >= 4 is 36.5 Å². The van der Waals surface area contributed by atoms with E-state index in [1.807, 2.05) is 12.1 Å². The van der Waals surface area contributed by atoms with Crippen molar-refractivity contribution in [3.63, 3.8) is 0 Å². The molecular formula is C19H21BN4O4. The molecule has 1 N–H and O–H groups in total. The molecule has 4 amide bonds. The Hall–Kier alpha value is -3.15. The second-order valence-electron chi connectivity index (χ2n) is 7.17. The van der Waals surface area contributed by atoms with Crippen LogP contribution < -0.4 is 10.2 Å². The van der Waals surface area contributed by atoms with Crippen molar-refractivity contribution in [2.45, 2.75) is 38.4 Å². The van der Waals surface area contributed by atoms with Gasteiger partial charge in [0.2, 0.25) is 18.2 Å². The second kappa shape index (κ2) is 8.25. The maximum absolute atomic E-state index is 12.9. The first-order chi connectivity index (χ1) is 13.4. The molecule has 0 spiro atoms. The van der Waals surface area contributed by atoms with E-state index in [2.05, 4.69) is 16.2 Å². The Morgan fingerprint density at radius 3 is 2.64 bits per heavy atom. The van der Waals surface area contributed by atoms with E-state index in [0.29, 0.717) is 17.5 Å². The number of amides is 4. The van der Waals surface area contributed by atoms with E-state index in [-0.39, 0.29) is 19.6 Å². The molecule has 3 rings (SSSR count). The van der Waals surface area contributed by atoms with Gasteiger partial charge >= 0.3 is 0 Å². The van der Waals surface area contributed by atoms with Crippen LogP contribution in [0.5, 0.6) is 0 Å². The van der Waals surface area contributed by atoms with E-state index < -0.39 is 23.8 Å². The van der Waals surface area contributed by atoms with Gasteiger partial charge < -0.3 is 4.90 Å². The highest BCUT2D eigenvalue weighted by molar-refractivity contribution is 6.67. The van der Waals surface area contributed by atoms with E-state index in [1.165, 1.54) is 0 Å². The Balaban J connectivity index is 1.76. The van der Waals surface area contributed by atoms with Crippen LogP contribution in [-0.2, 0) is 14.4 Å². The third-order valence-electron chi connectivity index (χ3n) is 5.38. The molecule has 1 atom stereocenters. The van der Waals surface area contributed by atoms with Crippen LogP contribution in [0.25, 0.3) is 0 Å². The first kappa shape index (κ1) is 19.6. The van der Waals surface area contributed by atoms with Gasteiger partial charge in [-0.2, -0.15) is 0 Å².